The zero-order valence-electron chi connectivity index (χ0n) is 26.6. The molecule has 5 nitrogen and oxygen atoms in total. The van der Waals surface area contributed by atoms with Gasteiger partial charge in [-0.2, -0.15) is 0 Å². The molecule has 0 saturated heterocycles. The highest BCUT2D eigenvalue weighted by molar-refractivity contribution is 5.78. The van der Waals surface area contributed by atoms with Crippen molar-refractivity contribution in [2.75, 3.05) is 6.61 Å². The Hall–Kier alpha value is -1.39. The Balaban J connectivity index is 3.62. The van der Waals surface area contributed by atoms with Crippen molar-refractivity contribution < 1.29 is 23.9 Å². The average molecular weight is 553 g/mol. The van der Waals surface area contributed by atoms with Crippen molar-refractivity contribution in [3.05, 3.63) is 0 Å². The fraction of sp³-hybridized carbons (Fsp3) is 0.912. The molecule has 0 amide bonds. The summed E-state index contributed by atoms with van der Waals surface area (Å²) in [5.41, 5.74) is -0.407. The first kappa shape index (κ1) is 37.6. The summed E-state index contributed by atoms with van der Waals surface area (Å²) in [5.74, 6) is 0.910. The van der Waals surface area contributed by atoms with Gasteiger partial charge in [0, 0.05) is 25.7 Å². The van der Waals surface area contributed by atoms with Gasteiger partial charge in [-0.15, -0.1) is 0 Å². The fourth-order valence-electron chi connectivity index (χ4n) is 4.97. The van der Waals surface area contributed by atoms with Gasteiger partial charge in [0.05, 0.1) is 6.61 Å². The SMILES string of the molecule is CCCCCC(CCCCC)CCOC(=O)CCCCCCCC(=O)CCCCCCCC(=O)OC(C)(C)C. The predicted octanol–water partition coefficient (Wildman–Crippen LogP) is 10.1. The van der Waals surface area contributed by atoms with Crippen LogP contribution in [-0.2, 0) is 23.9 Å². The van der Waals surface area contributed by atoms with Gasteiger partial charge in [0.25, 0.3) is 0 Å². The molecule has 39 heavy (non-hydrogen) atoms. The molecule has 0 fully saturated rings. The van der Waals surface area contributed by atoms with E-state index >= 15 is 0 Å². The molecule has 0 aliphatic rings. The summed E-state index contributed by atoms with van der Waals surface area (Å²) in [4.78, 5) is 35.9. The Morgan fingerprint density at radius 3 is 1.44 bits per heavy atom. The topological polar surface area (TPSA) is 69.7 Å². The number of carbonyl (C=O) groups excluding carboxylic acids is 3. The van der Waals surface area contributed by atoms with Gasteiger partial charge in [-0.25, -0.2) is 0 Å². The van der Waals surface area contributed by atoms with Crippen LogP contribution in [0.1, 0.15) is 182 Å². The van der Waals surface area contributed by atoms with Crippen molar-refractivity contribution >= 4 is 17.7 Å². The zero-order valence-corrected chi connectivity index (χ0v) is 26.6. The number of esters is 2. The third-order valence-corrected chi connectivity index (χ3v) is 7.31. The first-order chi connectivity index (χ1) is 18.7. The largest absolute Gasteiger partial charge is 0.466 e. The summed E-state index contributed by atoms with van der Waals surface area (Å²) in [5, 5.41) is 0. The highest BCUT2D eigenvalue weighted by Crippen LogP contribution is 2.21. The normalized spacial score (nSPS) is 11.6. The van der Waals surface area contributed by atoms with Crippen molar-refractivity contribution in [1.82, 2.24) is 0 Å². The van der Waals surface area contributed by atoms with Crippen molar-refractivity contribution in [3.63, 3.8) is 0 Å². The van der Waals surface area contributed by atoms with E-state index in [1.165, 1.54) is 51.4 Å². The average Bonchev–Trinajstić information content (AvgIpc) is 2.86. The number of rotatable bonds is 27. The van der Waals surface area contributed by atoms with Gasteiger partial charge in [0.2, 0.25) is 0 Å². The van der Waals surface area contributed by atoms with Crippen LogP contribution >= 0.6 is 0 Å². The minimum Gasteiger partial charge on any atom is -0.466 e. The van der Waals surface area contributed by atoms with Gasteiger partial charge < -0.3 is 9.47 Å². The fourth-order valence-corrected chi connectivity index (χ4v) is 4.97. The summed E-state index contributed by atoms with van der Waals surface area (Å²) in [6, 6.07) is 0. The molecule has 0 rings (SSSR count). The van der Waals surface area contributed by atoms with E-state index in [0.717, 1.165) is 70.6 Å². The van der Waals surface area contributed by atoms with Crippen LogP contribution in [0.15, 0.2) is 0 Å². The summed E-state index contributed by atoms with van der Waals surface area (Å²) >= 11 is 0. The Bertz CT molecular complexity index is 597. The second kappa shape index (κ2) is 25.6. The summed E-state index contributed by atoms with van der Waals surface area (Å²) in [6.07, 6.45) is 23.6. The lowest BCUT2D eigenvalue weighted by Gasteiger charge is -2.19. The van der Waals surface area contributed by atoms with E-state index in [0.29, 0.717) is 44.0 Å². The third-order valence-electron chi connectivity index (χ3n) is 7.31. The van der Waals surface area contributed by atoms with Gasteiger partial charge in [0.15, 0.2) is 0 Å². The molecular formula is C34H64O5. The number of ether oxygens (including phenoxy) is 2. The molecule has 0 aliphatic carbocycles. The van der Waals surface area contributed by atoms with E-state index in [1.807, 2.05) is 20.8 Å². The Kier molecular flexibility index (Phi) is 24.7. The van der Waals surface area contributed by atoms with Crippen LogP contribution < -0.4 is 0 Å². The monoisotopic (exact) mass is 552 g/mol. The van der Waals surface area contributed by atoms with Crippen LogP contribution in [0.25, 0.3) is 0 Å². The molecule has 230 valence electrons. The highest BCUT2D eigenvalue weighted by Gasteiger charge is 2.15. The second-order valence-corrected chi connectivity index (χ2v) is 12.5. The van der Waals surface area contributed by atoms with Crippen molar-refractivity contribution in [2.24, 2.45) is 5.92 Å². The molecule has 0 spiro atoms. The van der Waals surface area contributed by atoms with E-state index < -0.39 is 5.60 Å². The van der Waals surface area contributed by atoms with Crippen molar-refractivity contribution in [1.29, 1.82) is 0 Å². The maximum atomic E-state index is 12.1. The standard InChI is InChI=1S/C34H64O5/c1-6-8-16-22-30(23-17-9-7-2)28-29-38-32(36)26-20-14-10-12-18-24-31(35)25-19-13-11-15-21-27-33(37)39-34(3,4)5/h30H,6-29H2,1-5H3. The lowest BCUT2D eigenvalue weighted by Crippen LogP contribution is -2.23. The molecule has 0 unspecified atom stereocenters. The van der Waals surface area contributed by atoms with Crippen LogP contribution in [0.4, 0.5) is 0 Å². The molecular weight excluding hydrogens is 488 g/mol. The molecule has 0 aromatic heterocycles. The van der Waals surface area contributed by atoms with E-state index in [2.05, 4.69) is 13.8 Å². The lowest BCUT2D eigenvalue weighted by molar-refractivity contribution is -0.155. The second-order valence-electron chi connectivity index (χ2n) is 12.5. The number of hydrogen-bond acceptors (Lipinski definition) is 5. The molecule has 5 heteroatoms. The predicted molar refractivity (Wildman–Crippen MR) is 163 cm³/mol. The summed E-state index contributed by atoms with van der Waals surface area (Å²) < 4.78 is 10.9. The minimum atomic E-state index is -0.407. The Morgan fingerprint density at radius 1 is 0.538 bits per heavy atom. The van der Waals surface area contributed by atoms with Crippen LogP contribution in [0.5, 0.6) is 0 Å². The number of carbonyl (C=O) groups is 3. The van der Waals surface area contributed by atoms with E-state index in [9.17, 15) is 14.4 Å². The lowest BCUT2D eigenvalue weighted by atomic mass is 9.92. The molecule has 0 heterocycles. The molecule has 0 aliphatic heterocycles. The van der Waals surface area contributed by atoms with Crippen molar-refractivity contribution in [2.45, 2.75) is 188 Å². The van der Waals surface area contributed by atoms with E-state index in [4.69, 9.17) is 9.47 Å². The van der Waals surface area contributed by atoms with Crippen LogP contribution in [0.3, 0.4) is 0 Å². The van der Waals surface area contributed by atoms with Crippen LogP contribution in [-0.4, -0.2) is 29.9 Å². The quantitative estimate of drug-likeness (QED) is 0.0749. The molecule has 0 aromatic rings. The molecule has 0 atom stereocenters. The maximum Gasteiger partial charge on any atom is 0.306 e. The molecule has 0 saturated carbocycles. The van der Waals surface area contributed by atoms with Crippen LogP contribution in [0.2, 0.25) is 0 Å². The first-order valence-electron chi connectivity index (χ1n) is 16.6. The zero-order chi connectivity index (χ0) is 29.2. The van der Waals surface area contributed by atoms with Gasteiger partial charge in [-0.3, -0.25) is 14.4 Å². The van der Waals surface area contributed by atoms with Gasteiger partial charge in [0.1, 0.15) is 11.4 Å². The molecule has 0 radical (unpaired) electrons. The molecule has 0 N–H and O–H groups in total. The van der Waals surface area contributed by atoms with Gasteiger partial charge >= 0.3 is 11.9 Å². The summed E-state index contributed by atoms with van der Waals surface area (Å²) in [6.45, 7) is 10.7. The molecule has 0 bridgehead atoms. The third kappa shape index (κ3) is 28.0. The smallest absolute Gasteiger partial charge is 0.306 e. The van der Waals surface area contributed by atoms with E-state index in [-0.39, 0.29) is 11.9 Å². The first-order valence-corrected chi connectivity index (χ1v) is 16.6. The minimum absolute atomic E-state index is 0.0455. The highest BCUT2D eigenvalue weighted by atomic mass is 16.6. The van der Waals surface area contributed by atoms with Crippen molar-refractivity contribution in [3.8, 4) is 0 Å². The number of Topliss-reactive ketones (excluding diaryl/α,β-unsaturated/α-hetero) is 1. The van der Waals surface area contributed by atoms with Gasteiger partial charge in [-0.1, -0.05) is 104 Å². The maximum absolute atomic E-state index is 12.1. The summed E-state index contributed by atoms with van der Waals surface area (Å²) in [7, 11) is 0. The van der Waals surface area contributed by atoms with Gasteiger partial charge in [-0.05, 0) is 58.8 Å². The Labute approximate surface area is 241 Å². The van der Waals surface area contributed by atoms with Crippen LogP contribution in [0, 0.1) is 5.92 Å². The molecule has 0 aromatic carbocycles. The number of hydrogen-bond donors (Lipinski definition) is 0. The number of ketones is 1. The van der Waals surface area contributed by atoms with E-state index in [1.54, 1.807) is 0 Å². The Morgan fingerprint density at radius 2 is 0.974 bits per heavy atom. The number of unbranched alkanes of at least 4 members (excludes halogenated alkanes) is 12.